The van der Waals surface area contributed by atoms with Crippen LogP contribution in [0.1, 0.15) is 5.56 Å². The summed E-state index contributed by atoms with van der Waals surface area (Å²) in [5.41, 5.74) is 1.42. The standard InChI is InChI=1S/C16H9ClFNOS2/c17-11-3-7-13(8-4-11)19-15(20)14(22-16(19)21)9-10-1-5-12(18)6-2-10/h1-9H/b14-9+. The molecule has 0 bridgehead atoms. The van der Waals surface area contributed by atoms with Crippen LogP contribution in [-0.2, 0) is 4.79 Å². The lowest BCUT2D eigenvalue weighted by Gasteiger charge is -2.14. The average molecular weight is 350 g/mol. The van der Waals surface area contributed by atoms with Crippen molar-refractivity contribution in [2.75, 3.05) is 4.90 Å². The van der Waals surface area contributed by atoms with Gasteiger partial charge in [0.25, 0.3) is 5.91 Å². The molecular formula is C16H9ClFNOS2. The third-order valence-electron chi connectivity index (χ3n) is 3.05. The van der Waals surface area contributed by atoms with Crippen molar-refractivity contribution in [3.63, 3.8) is 0 Å². The lowest BCUT2D eigenvalue weighted by atomic mass is 10.2. The highest BCUT2D eigenvalue weighted by molar-refractivity contribution is 8.27. The van der Waals surface area contributed by atoms with Crippen LogP contribution >= 0.6 is 35.6 Å². The molecule has 0 atom stereocenters. The van der Waals surface area contributed by atoms with Gasteiger partial charge in [0, 0.05) is 5.02 Å². The Balaban J connectivity index is 1.91. The summed E-state index contributed by atoms with van der Waals surface area (Å²) in [6, 6.07) is 12.8. The number of anilines is 1. The van der Waals surface area contributed by atoms with Crippen molar-refractivity contribution in [2.45, 2.75) is 0 Å². The fourth-order valence-corrected chi connectivity index (χ4v) is 3.42. The normalized spacial score (nSPS) is 16.6. The van der Waals surface area contributed by atoms with E-state index in [2.05, 4.69) is 0 Å². The molecule has 0 aliphatic carbocycles. The van der Waals surface area contributed by atoms with Crippen molar-refractivity contribution < 1.29 is 9.18 Å². The molecular weight excluding hydrogens is 341 g/mol. The first-order chi connectivity index (χ1) is 10.5. The highest BCUT2D eigenvalue weighted by Crippen LogP contribution is 2.36. The number of nitrogens with zero attached hydrogens (tertiary/aromatic N) is 1. The fourth-order valence-electron chi connectivity index (χ4n) is 1.99. The van der Waals surface area contributed by atoms with Crippen LogP contribution in [0.2, 0.25) is 5.02 Å². The Morgan fingerprint density at radius 1 is 1.09 bits per heavy atom. The molecule has 1 heterocycles. The molecule has 1 amide bonds. The van der Waals surface area contributed by atoms with Crippen LogP contribution in [0.5, 0.6) is 0 Å². The third kappa shape index (κ3) is 3.06. The number of halogens is 2. The van der Waals surface area contributed by atoms with Gasteiger partial charge in [-0.15, -0.1) is 0 Å². The molecule has 0 aromatic heterocycles. The topological polar surface area (TPSA) is 20.3 Å². The van der Waals surface area contributed by atoms with E-state index >= 15 is 0 Å². The number of carbonyl (C=O) groups is 1. The minimum absolute atomic E-state index is 0.193. The summed E-state index contributed by atoms with van der Waals surface area (Å²) in [4.78, 5) is 14.5. The Morgan fingerprint density at radius 3 is 2.36 bits per heavy atom. The van der Waals surface area contributed by atoms with Gasteiger partial charge in [-0.1, -0.05) is 47.7 Å². The zero-order chi connectivity index (χ0) is 15.7. The molecule has 2 aromatic carbocycles. The van der Waals surface area contributed by atoms with Crippen molar-refractivity contribution in [1.82, 2.24) is 0 Å². The van der Waals surface area contributed by atoms with Gasteiger partial charge < -0.3 is 0 Å². The van der Waals surface area contributed by atoms with Crippen LogP contribution < -0.4 is 4.90 Å². The summed E-state index contributed by atoms with van der Waals surface area (Å²) in [5, 5.41) is 0.594. The molecule has 1 fully saturated rings. The maximum atomic E-state index is 12.9. The molecule has 110 valence electrons. The minimum Gasteiger partial charge on any atom is -0.268 e. The second kappa shape index (κ2) is 6.20. The highest BCUT2D eigenvalue weighted by atomic mass is 35.5. The van der Waals surface area contributed by atoms with Crippen LogP contribution in [0.25, 0.3) is 6.08 Å². The van der Waals surface area contributed by atoms with Crippen LogP contribution in [0.15, 0.2) is 53.4 Å². The van der Waals surface area contributed by atoms with E-state index < -0.39 is 0 Å². The average Bonchev–Trinajstić information content (AvgIpc) is 2.77. The number of hydrogen-bond acceptors (Lipinski definition) is 3. The number of amides is 1. The molecule has 1 saturated heterocycles. The van der Waals surface area contributed by atoms with Crippen molar-refractivity contribution in [3.05, 3.63) is 69.8 Å². The summed E-state index contributed by atoms with van der Waals surface area (Å²) in [7, 11) is 0. The Hall–Kier alpha value is -1.69. The van der Waals surface area contributed by atoms with Crippen molar-refractivity contribution >= 4 is 57.6 Å². The monoisotopic (exact) mass is 349 g/mol. The summed E-state index contributed by atoms with van der Waals surface area (Å²) in [5.74, 6) is -0.507. The van der Waals surface area contributed by atoms with Gasteiger partial charge in [-0.2, -0.15) is 0 Å². The molecule has 1 aliphatic rings. The fraction of sp³-hybridized carbons (Fsp3) is 0. The molecule has 3 rings (SSSR count). The Morgan fingerprint density at radius 2 is 1.73 bits per heavy atom. The van der Waals surface area contributed by atoms with Crippen molar-refractivity contribution in [3.8, 4) is 0 Å². The Bertz CT molecular complexity index is 772. The maximum Gasteiger partial charge on any atom is 0.270 e. The van der Waals surface area contributed by atoms with E-state index in [0.717, 1.165) is 5.56 Å². The van der Waals surface area contributed by atoms with Gasteiger partial charge in [-0.25, -0.2) is 4.39 Å². The van der Waals surface area contributed by atoms with E-state index in [1.807, 2.05) is 0 Å². The Labute approximate surface area is 141 Å². The van der Waals surface area contributed by atoms with Crippen LogP contribution in [0.4, 0.5) is 10.1 Å². The summed E-state index contributed by atoms with van der Waals surface area (Å²) in [6.45, 7) is 0. The molecule has 6 heteroatoms. The van der Waals surface area contributed by atoms with E-state index in [4.69, 9.17) is 23.8 Å². The molecule has 0 unspecified atom stereocenters. The van der Waals surface area contributed by atoms with Crippen LogP contribution in [0.3, 0.4) is 0 Å². The molecule has 0 spiro atoms. The number of benzene rings is 2. The quantitative estimate of drug-likeness (QED) is 0.569. The molecule has 1 aliphatic heterocycles. The van der Waals surface area contributed by atoms with Gasteiger partial charge in [0.2, 0.25) is 0 Å². The largest absolute Gasteiger partial charge is 0.270 e. The second-order valence-electron chi connectivity index (χ2n) is 4.55. The predicted molar refractivity (Wildman–Crippen MR) is 93.5 cm³/mol. The second-order valence-corrected chi connectivity index (χ2v) is 6.66. The van der Waals surface area contributed by atoms with Gasteiger partial charge in [0.15, 0.2) is 4.32 Å². The number of hydrogen-bond donors (Lipinski definition) is 0. The number of carbonyl (C=O) groups excluding carboxylic acids is 1. The van der Waals surface area contributed by atoms with Gasteiger partial charge in [-0.3, -0.25) is 9.69 Å². The van der Waals surface area contributed by atoms with Gasteiger partial charge in [0.05, 0.1) is 10.6 Å². The van der Waals surface area contributed by atoms with E-state index in [1.165, 1.54) is 28.8 Å². The van der Waals surface area contributed by atoms with Crippen LogP contribution in [0, 0.1) is 5.82 Å². The molecule has 0 saturated carbocycles. The lowest BCUT2D eigenvalue weighted by molar-refractivity contribution is -0.113. The maximum absolute atomic E-state index is 12.9. The number of thioether (sulfide) groups is 1. The first kappa shape index (κ1) is 15.2. The molecule has 22 heavy (non-hydrogen) atoms. The summed E-state index contributed by atoms with van der Waals surface area (Å²) >= 11 is 12.4. The van der Waals surface area contributed by atoms with Gasteiger partial charge in [-0.05, 0) is 48.0 Å². The first-order valence-corrected chi connectivity index (χ1v) is 7.94. The zero-order valence-corrected chi connectivity index (χ0v) is 13.5. The van der Waals surface area contributed by atoms with Crippen molar-refractivity contribution in [2.24, 2.45) is 0 Å². The summed E-state index contributed by atoms with van der Waals surface area (Å²) < 4.78 is 13.4. The minimum atomic E-state index is -0.314. The SMILES string of the molecule is O=C1/C(=C\c2ccc(F)cc2)SC(=S)N1c1ccc(Cl)cc1. The molecule has 0 radical (unpaired) electrons. The smallest absolute Gasteiger partial charge is 0.268 e. The molecule has 0 N–H and O–H groups in total. The van der Waals surface area contributed by atoms with Gasteiger partial charge >= 0.3 is 0 Å². The van der Waals surface area contributed by atoms with E-state index in [9.17, 15) is 9.18 Å². The van der Waals surface area contributed by atoms with Crippen molar-refractivity contribution in [1.29, 1.82) is 0 Å². The predicted octanol–water partition coefficient (Wildman–Crippen LogP) is 4.88. The number of thiocarbonyl (C=S) groups is 1. The van der Waals surface area contributed by atoms with Crippen LogP contribution in [-0.4, -0.2) is 10.2 Å². The van der Waals surface area contributed by atoms with E-state index in [1.54, 1.807) is 42.5 Å². The Kier molecular flexibility index (Phi) is 4.29. The molecule has 2 aromatic rings. The van der Waals surface area contributed by atoms with Gasteiger partial charge in [0.1, 0.15) is 5.82 Å². The molecule has 2 nitrogen and oxygen atoms in total. The zero-order valence-electron chi connectivity index (χ0n) is 11.1. The first-order valence-electron chi connectivity index (χ1n) is 6.34. The van der Waals surface area contributed by atoms with E-state index in [-0.39, 0.29) is 11.7 Å². The number of rotatable bonds is 2. The third-order valence-corrected chi connectivity index (χ3v) is 4.60. The summed E-state index contributed by atoms with van der Waals surface area (Å²) in [6.07, 6.45) is 1.70. The van der Waals surface area contributed by atoms with E-state index in [0.29, 0.717) is 19.9 Å². The highest BCUT2D eigenvalue weighted by Gasteiger charge is 2.33. The lowest BCUT2D eigenvalue weighted by Crippen LogP contribution is -2.27.